The van der Waals surface area contributed by atoms with Crippen LogP contribution in [-0.2, 0) is 9.53 Å². The molecule has 2 rings (SSSR count). The lowest BCUT2D eigenvalue weighted by molar-refractivity contribution is -0.129. The van der Waals surface area contributed by atoms with E-state index in [0.29, 0.717) is 5.23 Å². The number of rotatable bonds is 1. The first-order valence-electron chi connectivity index (χ1n) is 5.24. The summed E-state index contributed by atoms with van der Waals surface area (Å²) in [7, 11) is 1.64. The summed E-state index contributed by atoms with van der Waals surface area (Å²) in [6.07, 6.45) is 5.73. The Balaban J connectivity index is 2.22. The van der Waals surface area contributed by atoms with Crippen molar-refractivity contribution in [3.8, 4) is 0 Å². The third-order valence-corrected chi connectivity index (χ3v) is 3.69. The molecule has 1 heterocycles. The third kappa shape index (κ3) is 1.73. The van der Waals surface area contributed by atoms with E-state index in [1.54, 1.807) is 7.05 Å². The van der Waals surface area contributed by atoms with Gasteiger partial charge in [-0.05, 0) is 19.1 Å². The summed E-state index contributed by atoms with van der Waals surface area (Å²) in [6.45, 7) is 0. The fraction of sp³-hybridized carbons (Fsp3) is 0.800. The van der Waals surface area contributed by atoms with Crippen LogP contribution in [0.4, 0.5) is 0 Å². The normalized spacial score (nSPS) is 27.6. The van der Waals surface area contributed by atoms with E-state index in [2.05, 4.69) is 10.3 Å². The summed E-state index contributed by atoms with van der Waals surface area (Å²) in [4.78, 5) is 16.3. The Morgan fingerprint density at radius 1 is 1.60 bits per heavy atom. The maximum atomic E-state index is 11.7. The fourth-order valence-corrected chi connectivity index (χ4v) is 2.83. The molecule has 4 nitrogen and oxygen atoms in total. The Kier molecular flexibility index (Phi) is 2.91. The lowest BCUT2D eigenvalue weighted by Gasteiger charge is -2.24. The summed E-state index contributed by atoms with van der Waals surface area (Å²) in [6, 6.07) is 0. The number of carbonyl (C=O) groups excluding carboxylic acids is 1. The minimum Gasteiger partial charge on any atom is -0.457 e. The topological polar surface area (TPSA) is 50.7 Å². The number of likely N-dealkylation sites (N-methyl/N-ethyl adjacent to an activating group) is 1. The molecule has 0 radical (unpaired) electrons. The molecule has 1 N–H and O–H groups in total. The van der Waals surface area contributed by atoms with Crippen LogP contribution >= 0.6 is 11.8 Å². The van der Waals surface area contributed by atoms with Gasteiger partial charge in [-0.25, -0.2) is 4.99 Å². The molecule has 0 aromatic rings. The van der Waals surface area contributed by atoms with E-state index in [9.17, 15) is 4.79 Å². The smallest absolute Gasteiger partial charge is 0.263 e. The van der Waals surface area contributed by atoms with Gasteiger partial charge in [0.1, 0.15) is 5.54 Å². The Bertz CT molecular complexity index is 298. The number of ether oxygens (including phenoxy) is 1. The van der Waals surface area contributed by atoms with Crippen LogP contribution < -0.4 is 5.32 Å². The zero-order valence-corrected chi connectivity index (χ0v) is 9.89. The van der Waals surface area contributed by atoms with Crippen molar-refractivity contribution in [1.82, 2.24) is 5.32 Å². The molecule has 0 bridgehead atoms. The average Bonchev–Trinajstić information content (AvgIpc) is 2.86. The van der Waals surface area contributed by atoms with Gasteiger partial charge < -0.3 is 10.1 Å². The molecule has 1 fully saturated rings. The molecule has 0 aromatic heterocycles. The Morgan fingerprint density at radius 2 is 2.27 bits per heavy atom. The van der Waals surface area contributed by atoms with E-state index in [1.165, 1.54) is 11.8 Å². The first-order chi connectivity index (χ1) is 7.22. The average molecular weight is 228 g/mol. The molecule has 0 aromatic carbocycles. The Hall–Kier alpha value is -0.710. The Labute approximate surface area is 93.9 Å². The van der Waals surface area contributed by atoms with Crippen molar-refractivity contribution in [3.63, 3.8) is 0 Å². The molecule has 0 unspecified atom stereocenters. The highest BCUT2D eigenvalue weighted by molar-refractivity contribution is 8.12. The Morgan fingerprint density at radius 3 is 2.80 bits per heavy atom. The van der Waals surface area contributed by atoms with Crippen LogP contribution in [0.3, 0.4) is 0 Å². The highest BCUT2D eigenvalue weighted by atomic mass is 32.2. The molecule has 1 atom stereocenters. The van der Waals surface area contributed by atoms with Gasteiger partial charge in [0.05, 0.1) is 0 Å². The molecule has 84 valence electrons. The maximum Gasteiger partial charge on any atom is 0.263 e. The second kappa shape index (κ2) is 4.04. The molecule has 2 aliphatic rings. The molecule has 1 saturated carbocycles. The highest BCUT2D eigenvalue weighted by Gasteiger charge is 2.51. The van der Waals surface area contributed by atoms with Crippen LogP contribution in [0.25, 0.3) is 0 Å². The highest BCUT2D eigenvalue weighted by Crippen LogP contribution is 2.42. The first-order valence-corrected chi connectivity index (χ1v) is 6.46. The predicted octanol–water partition coefficient (Wildman–Crippen LogP) is 1.16. The summed E-state index contributed by atoms with van der Waals surface area (Å²) >= 11 is 1.47. The van der Waals surface area contributed by atoms with Crippen LogP contribution in [0.15, 0.2) is 4.99 Å². The zero-order chi connectivity index (χ0) is 10.9. The molecule has 1 aliphatic carbocycles. The third-order valence-electron chi connectivity index (χ3n) is 3.15. The number of hydrogen-bond donors (Lipinski definition) is 1. The number of nitrogens with one attached hydrogen (secondary N) is 1. The van der Waals surface area contributed by atoms with Gasteiger partial charge in [0.2, 0.25) is 11.3 Å². The van der Waals surface area contributed by atoms with E-state index < -0.39 is 6.10 Å². The monoisotopic (exact) mass is 228 g/mol. The van der Waals surface area contributed by atoms with Crippen LogP contribution in [-0.4, -0.2) is 36.1 Å². The number of amides is 1. The zero-order valence-electron chi connectivity index (χ0n) is 9.08. The van der Waals surface area contributed by atoms with Crippen molar-refractivity contribution in [2.24, 2.45) is 4.99 Å². The molecule has 1 amide bonds. The van der Waals surface area contributed by atoms with Gasteiger partial charge in [-0.3, -0.25) is 4.79 Å². The second-order valence-corrected chi connectivity index (χ2v) is 4.76. The number of hydrogen-bond acceptors (Lipinski definition) is 4. The number of nitrogens with zero attached hydrogens (tertiary/aromatic N) is 1. The minimum atomic E-state index is -0.410. The molecule has 15 heavy (non-hydrogen) atoms. The van der Waals surface area contributed by atoms with E-state index in [-0.39, 0.29) is 11.4 Å². The molecule has 1 aliphatic heterocycles. The molecular weight excluding hydrogens is 212 g/mol. The van der Waals surface area contributed by atoms with Gasteiger partial charge in [-0.1, -0.05) is 24.6 Å². The van der Waals surface area contributed by atoms with E-state index >= 15 is 0 Å². The standard InChI is InChI=1S/C10H16N2O2S/c1-11-8(13)7-10(5-3-4-6-10)12-9(14-7)15-2/h7H,3-6H2,1-2H3,(H,11,13)/t7-/m0/s1. The van der Waals surface area contributed by atoms with Gasteiger partial charge in [-0.15, -0.1) is 0 Å². The number of thioether (sulfide) groups is 1. The van der Waals surface area contributed by atoms with Gasteiger partial charge in [0.25, 0.3) is 5.91 Å². The summed E-state index contributed by atoms with van der Waals surface area (Å²) < 4.78 is 5.60. The van der Waals surface area contributed by atoms with Crippen LogP contribution in [0.2, 0.25) is 0 Å². The SMILES string of the molecule is CNC(=O)[C@@H]1OC(SC)=NC12CCCC2. The van der Waals surface area contributed by atoms with E-state index in [0.717, 1.165) is 25.7 Å². The summed E-state index contributed by atoms with van der Waals surface area (Å²) in [5.41, 5.74) is -0.265. The lowest BCUT2D eigenvalue weighted by atomic mass is 9.91. The van der Waals surface area contributed by atoms with E-state index in [1.807, 2.05) is 6.26 Å². The van der Waals surface area contributed by atoms with Crippen molar-refractivity contribution >= 4 is 22.9 Å². The second-order valence-electron chi connectivity index (χ2n) is 4.00. The van der Waals surface area contributed by atoms with Crippen molar-refractivity contribution in [2.75, 3.05) is 13.3 Å². The largest absolute Gasteiger partial charge is 0.457 e. The van der Waals surface area contributed by atoms with Crippen LogP contribution in [0.1, 0.15) is 25.7 Å². The van der Waals surface area contributed by atoms with Gasteiger partial charge in [-0.2, -0.15) is 0 Å². The summed E-state index contributed by atoms with van der Waals surface area (Å²) in [5, 5.41) is 3.31. The first kappa shape index (κ1) is 10.8. The van der Waals surface area contributed by atoms with Gasteiger partial charge in [0, 0.05) is 7.05 Å². The van der Waals surface area contributed by atoms with E-state index in [4.69, 9.17) is 4.74 Å². The predicted molar refractivity (Wildman–Crippen MR) is 61.1 cm³/mol. The van der Waals surface area contributed by atoms with Crippen molar-refractivity contribution in [3.05, 3.63) is 0 Å². The quantitative estimate of drug-likeness (QED) is 0.733. The molecule has 0 saturated heterocycles. The van der Waals surface area contributed by atoms with Crippen molar-refractivity contribution < 1.29 is 9.53 Å². The number of carbonyl (C=O) groups is 1. The van der Waals surface area contributed by atoms with Crippen molar-refractivity contribution in [1.29, 1.82) is 0 Å². The molecule has 1 spiro atoms. The van der Waals surface area contributed by atoms with Crippen LogP contribution in [0, 0.1) is 0 Å². The van der Waals surface area contributed by atoms with Gasteiger partial charge >= 0.3 is 0 Å². The fourth-order valence-electron chi connectivity index (χ4n) is 2.36. The molecule has 5 heteroatoms. The minimum absolute atomic E-state index is 0.0512. The van der Waals surface area contributed by atoms with Crippen molar-refractivity contribution in [2.45, 2.75) is 37.3 Å². The molecular formula is C10H16N2O2S. The summed E-state index contributed by atoms with van der Waals surface area (Å²) in [5.74, 6) is -0.0512. The number of aliphatic imine (C=N–C) groups is 1. The van der Waals surface area contributed by atoms with Gasteiger partial charge in [0.15, 0.2) is 0 Å². The maximum absolute atomic E-state index is 11.7. The van der Waals surface area contributed by atoms with Crippen LogP contribution in [0.5, 0.6) is 0 Å². The lowest BCUT2D eigenvalue weighted by Crippen LogP contribution is -2.46.